The summed E-state index contributed by atoms with van der Waals surface area (Å²) in [5.74, 6) is -0.189. The van der Waals surface area contributed by atoms with E-state index in [-0.39, 0.29) is 18.4 Å². The molecule has 0 spiro atoms. The first kappa shape index (κ1) is 19.8. The highest BCUT2D eigenvalue weighted by molar-refractivity contribution is 7.15. The quantitative estimate of drug-likeness (QED) is 0.755. The van der Waals surface area contributed by atoms with Crippen LogP contribution < -0.4 is 5.32 Å². The van der Waals surface area contributed by atoms with Gasteiger partial charge in [0.2, 0.25) is 11.8 Å². The van der Waals surface area contributed by atoms with E-state index in [4.69, 9.17) is 4.74 Å². The summed E-state index contributed by atoms with van der Waals surface area (Å²) in [6, 6.07) is 0. The molecule has 1 aliphatic rings. The van der Waals surface area contributed by atoms with E-state index in [1.165, 1.54) is 11.3 Å². The summed E-state index contributed by atoms with van der Waals surface area (Å²) in [6.45, 7) is 10.7. The van der Waals surface area contributed by atoms with Gasteiger partial charge in [-0.25, -0.2) is 4.98 Å². The molecule has 1 saturated heterocycles. The Morgan fingerprint density at radius 3 is 2.64 bits per heavy atom. The molecule has 2 amide bonds. The van der Waals surface area contributed by atoms with Crippen molar-refractivity contribution in [3.05, 3.63) is 10.6 Å². The Morgan fingerprint density at radius 2 is 2.04 bits per heavy atom. The Morgan fingerprint density at radius 1 is 1.32 bits per heavy atom. The molecule has 140 valence electrons. The highest BCUT2D eigenvalue weighted by Gasteiger charge is 2.18. The molecule has 0 unspecified atom stereocenters. The van der Waals surface area contributed by atoms with Crippen LogP contribution >= 0.6 is 11.3 Å². The van der Waals surface area contributed by atoms with Gasteiger partial charge in [0.1, 0.15) is 0 Å². The van der Waals surface area contributed by atoms with E-state index in [2.05, 4.69) is 15.2 Å². The minimum Gasteiger partial charge on any atom is -0.379 e. The van der Waals surface area contributed by atoms with Crippen molar-refractivity contribution in [1.82, 2.24) is 14.8 Å². The Hall–Kier alpha value is -1.51. The minimum atomic E-state index is -0.193. The van der Waals surface area contributed by atoms with Crippen LogP contribution in [0.3, 0.4) is 0 Å². The number of carbonyl (C=O) groups is 2. The van der Waals surface area contributed by atoms with E-state index in [1.54, 1.807) is 4.90 Å². The number of amides is 2. The van der Waals surface area contributed by atoms with Crippen LogP contribution in [0.1, 0.15) is 30.3 Å². The van der Waals surface area contributed by atoms with Crippen molar-refractivity contribution < 1.29 is 14.3 Å². The topological polar surface area (TPSA) is 74.8 Å². The minimum absolute atomic E-state index is 0.00336. The van der Waals surface area contributed by atoms with Crippen LogP contribution in [0.5, 0.6) is 0 Å². The zero-order valence-corrected chi connectivity index (χ0v) is 16.2. The fourth-order valence-corrected chi connectivity index (χ4v) is 3.51. The Kier molecular flexibility index (Phi) is 7.80. The van der Waals surface area contributed by atoms with Crippen molar-refractivity contribution >= 4 is 28.3 Å². The fourth-order valence-electron chi connectivity index (χ4n) is 2.68. The number of nitrogens with zero attached hydrogens (tertiary/aromatic N) is 3. The van der Waals surface area contributed by atoms with Crippen LogP contribution in [0, 0.1) is 13.8 Å². The largest absolute Gasteiger partial charge is 0.379 e. The molecule has 1 aromatic heterocycles. The number of morpholine rings is 1. The maximum Gasteiger partial charge on any atom is 0.245 e. The molecule has 0 saturated carbocycles. The normalized spacial score (nSPS) is 15.2. The van der Waals surface area contributed by atoms with Gasteiger partial charge >= 0.3 is 0 Å². The average Bonchev–Trinajstić information content (AvgIpc) is 2.91. The predicted octanol–water partition coefficient (Wildman–Crippen LogP) is 1.66. The van der Waals surface area contributed by atoms with Crippen LogP contribution in [-0.2, 0) is 14.3 Å². The van der Waals surface area contributed by atoms with Gasteiger partial charge in [-0.05, 0) is 20.3 Å². The van der Waals surface area contributed by atoms with Crippen LogP contribution in [0.25, 0.3) is 0 Å². The molecular formula is C17H28N4O3S. The van der Waals surface area contributed by atoms with Gasteiger partial charge in [0, 0.05) is 37.5 Å². The number of aryl methyl sites for hydroxylation is 2. The lowest BCUT2D eigenvalue weighted by molar-refractivity contribution is -0.134. The molecule has 8 heteroatoms. The van der Waals surface area contributed by atoms with Gasteiger partial charge in [-0.15, -0.1) is 11.3 Å². The average molecular weight is 369 g/mol. The lowest BCUT2D eigenvalue weighted by Crippen LogP contribution is -2.41. The summed E-state index contributed by atoms with van der Waals surface area (Å²) in [6.07, 6.45) is 1.26. The second-order valence-electron chi connectivity index (χ2n) is 6.19. The third kappa shape index (κ3) is 6.37. The molecule has 2 heterocycles. The molecule has 1 fully saturated rings. The van der Waals surface area contributed by atoms with E-state index in [0.29, 0.717) is 18.1 Å². The third-order valence-electron chi connectivity index (χ3n) is 4.27. The molecule has 1 aliphatic heterocycles. The summed E-state index contributed by atoms with van der Waals surface area (Å²) in [4.78, 5) is 33.8. The van der Waals surface area contributed by atoms with Crippen molar-refractivity contribution in [3.63, 3.8) is 0 Å². The first-order valence-electron chi connectivity index (χ1n) is 8.81. The van der Waals surface area contributed by atoms with Gasteiger partial charge in [0.25, 0.3) is 0 Å². The maximum absolute atomic E-state index is 12.3. The number of carbonyl (C=O) groups excluding carboxylic acids is 2. The lowest BCUT2D eigenvalue weighted by atomic mass is 10.3. The smallest absolute Gasteiger partial charge is 0.245 e. The SMILES string of the molecule is CCC(=O)N(CCCN1CCOCC1)CC(=O)Nc1nc(C)c(C)s1. The van der Waals surface area contributed by atoms with E-state index >= 15 is 0 Å². The summed E-state index contributed by atoms with van der Waals surface area (Å²) in [5.41, 5.74) is 0.923. The lowest BCUT2D eigenvalue weighted by Gasteiger charge is -2.28. The fraction of sp³-hybridized carbons (Fsp3) is 0.706. The van der Waals surface area contributed by atoms with E-state index in [1.807, 2.05) is 20.8 Å². The van der Waals surface area contributed by atoms with E-state index in [0.717, 1.165) is 49.8 Å². The standard InChI is InChI=1S/C17H28N4O3S/c1-4-16(23)21(7-5-6-20-8-10-24-11-9-20)12-15(22)19-17-18-13(2)14(3)25-17/h4-12H2,1-3H3,(H,18,19,22). The van der Waals surface area contributed by atoms with E-state index < -0.39 is 0 Å². The molecule has 0 aliphatic carbocycles. The van der Waals surface area contributed by atoms with Crippen molar-refractivity contribution in [2.45, 2.75) is 33.6 Å². The highest BCUT2D eigenvalue weighted by Crippen LogP contribution is 2.20. The van der Waals surface area contributed by atoms with Gasteiger partial charge < -0.3 is 15.0 Å². The monoisotopic (exact) mass is 368 g/mol. The predicted molar refractivity (Wildman–Crippen MR) is 99.0 cm³/mol. The first-order valence-corrected chi connectivity index (χ1v) is 9.63. The Bertz CT molecular complexity index is 565. The Labute approximate surface area is 153 Å². The van der Waals surface area contributed by atoms with Crippen molar-refractivity contribution in [1.29, 1.82) is 0 Å². The van der Waals surface area contributed by atoms with Crippen molar-refractivity contribution in [2.24, 2.45) is 0 Å². The molecular weight excluding hydrogens is 340 g/mol. The van der Waals surface area contributed by atoms with Gasteiger partial charge in [-0.3, -0.25) is 14.5 Å². The molecule has 1 N–H and O–H groups in total. The zero-order chi connectivity index (χ0) is 18.2. The van der Waals surface area contributed by atoms with Crippen LogP contribution in [0.2, 0.25) is 0 Å². The van der Waals surface area contributed by atoms with Gasteiger partial charge in [-0.2, -0.15) is 0 Å². The molecule has 7 nitrogen and oxygen atoms in total. The van der Waals surface area contributed by atoms with Gasteiger partial charge in [-0.1, -0.05) is 6.92 Å². The zero-order valence-electron chi connectivity index (χ0n) is 15.3. The summed E-state index contributed by atoms with van der Waals surface area (Å²) in [5, 5.41) is 3.40. The highest BCUT2D eigenvalue weighted by atomic mass is 32.1. The number of rotatable bonds is 8. The van der Waals surface area contributed by atoms with E-state index in [9.17, 15) is 9.59 Å². The number of aromatic nitrogens is 1. The molecule has 0 aromatic carbocycles. The number of nitrogens with one attached hydrogen (secondary N) is 1. The summed E-state index contributed by atoms with van der Waals surface area (Å²) >= 11 is 1.46. The molecule has 0 atom stereocenters. The van der Waals surface area contributed by atoms with Crippen molar-refractivity contribution in [2.75, 3.05) is 51.3 Å². The van der Waals surface area contributed by atoms with Crippen LogP contribution in [0.4, 0.5) is 5.13 Å². The first-order chi connectivity index (χ1) is 12.0. The van der Waals surface area contributed by atoms with Crippen molar-refractivity contribution in [3.8, 4) is 0 Å². The van der Waals surface area contributed by atoms with Gasteiger partial charge in [0.05, 0.1) is 25.5 Å². The number of thiazole rings is 1. The second kappa shape index (κ2) is 9.84. The number of anilines is 1. The molecule has 0 radical (unpaired) electrons. The number of hydrogen-bond donors (Lipinski definition) is 1. The summed E-state index contributed by atoms with van der Waals surface area (Å²) in [7, 11) is 0. The second-order valence-corrected chi connectivity index (χ2v) is 7.39. The van der Waals surface area contributed by atoms with Gasteiger partial charge in [0.15, 0.2) is 5.13 Å². The molecule has 1 aromatic rings. The Balaban J connectivity index is 1.81. The molecule has 2 rings (SSSR count). The maximum atomic E-state index is 12.3. The van der Waals surface area contributed by atoms with Crippen LogP contribution in [-0.4, -0.2) is 72.5 Å². The summed E-state index contributed by atoms with van der Waals surface area (Å²) < 4.78 is 5.34. The number of hydrogen-bond acceptors (Lipinski definition) is 6. The van der Waals surface area contributed by atoms with Crippen LogP contribution in [0.15, 0.2) is 0 Å². The third-order valence-corrected chi connectivity index (χ3v) is 5.26. The molecule has 25 heavy (non-hydrogen) atoms. The molecule has 0 bridgehead atoms. The number of ether oxygens (including phenoxy) is 1.